The Hall–Kier alpha value is 1.26. The standard InChI is InChI=1S/C7H6OSe4/c8-3-5-4-11-7(12-5)6-9-1-2-10-6/h1-2,4,8H,3H2. The molecule has 1 N–H and O–H groups in total. The van der Waals surface area contributed by atoms with Crippen LogP contribution in [0.25, 0.3) is 0 Å². The van der Waals surface area contributed by atoms with E-state index in [1.165, 1.54) is 4.47 Å². The first-order chi connectivity index (χ1) is 5.90. The molecule has 1 nitrogen and oxygen atoms in total. The van der Waals surface area contributed by atoms with E-state index in [4.69, 9.17) is 5.11 Å². The first kappa shape index (κ1) is 9.80. The van der Waals surface area contributed by atoms with Gasteiger partial charge in [0, 0.05) is 0 Å². The van der Waals surface area contributed by atoms with Crippen molar-refractivity contribution in [2.45, 2.75) is 0 Å². The van der Waals surface area contributed by atoms with Gasteiger partial charge in [0.25, 0.3) is 0 Å². The van der Waals surface area contributed by atoms with Crippen LogP contribution < -0.4 is 0 Å². The Morgan fingerprint density at radius 1 is 1.08 bits per heavy atom. The molecule has 12 heavy (non-hydrogen) atoms. The fourth-order valence-electron chi connectivity index (χ4n) is 0.749. The molecule has 0 bridgehead atoms. The van der Waals surface area contributed by atoms with Gasteiger partial charge < -0.3 is 0 Å². The van der Waals surface area contributed by atoms with Crippen LogP contribution >= 0.6 is 0 Å². The predicted octanol–water partition coefficient (Wildman–Crippen LogP) is -0.738. The quantitative estimate of drug-likeness (QED) is 0.553. The molecule has 2 heterocycles. The minimum atomic E-state index is 0.298. The summed E-state index contributed by atoms with van der Waals surface area (Å²) in [5.74, 6) is 0. The zero-order valence-electron chi connectivity index (χ0n) is 6.02. The van der Waals surface area contributed by atoms with Gasteiger partial charge in [0.05, 0.1) is 0 Å². The van der Waals surface area contributed by atoms with Crippen molar-refractivity contribution >= 4 is 59.8 Å². The SMILES string of the molecule is OCC1=C[Se]C(=C2[Se]C=C[Se]2)[Se]1. The van der Waals surface area contributed by atoms with E-state index >= 15 is 0 Å². The Bertz CT molecular complexity index is 269. The topological polar surface area (TPSA) is 20.2 Å². The number of hydrogen-bond acceptors (Lipinski definition) is 1. The van der Waals surface area contributed by atoms with Gasteiger partial charge >= 0.3 is 97.7 Å². The molecule has 0 saturated carbocycles. The average Bonchev–Trinajstić information content (AvgIpc) is 2.75. The minimum absolute atomic E-state index is 0.298. The second kappa shape index (κ2) is 4.66. The third kappa shape index (κ3) is 2.19. The van der Waals surface area contributed by atoms with Crippen LogP contribution in [-0.2, 0) is 0 Å². The molecule has 0 aromatic heterocycles. The molecule has 64 valence electrons. The molecule has 0 amide bonds. The Morgan fingerprint density at radius 3 is 2.42 bits per heavy atom. The Morgan fingerprint density at radius 2 is 1.83 bits per heavy atom. The zero-order valence-corrected chi connectivity index (χ0v) is 12.9. The normalized spacial score (nSPS) is 22.2. The van der Waals surface area contributed by atoms with Crippen molar-refractivity contribution in [3.8, 4) is 0 Å². The summed E-state index contributed by atoms with van der Waals surface area (Å²) in [6, 6.07) is 0. The van der Waals surface area contributed by atoms with E-state index in [2.05, 4.69) is 14.9 Å². The molecule has 2 aliphatic rings. The molecule has 0 aromatic rings. The van der Waals surface area contributed by atoms with Crippen molar-refractivity contribution in [3.63, 3.8) is 0 Å². The van der Waals surface area contributed by atoms with Crippen molar-refractivity contribution in [3.05, 3.63) is 26.1 Å². The van der Waals surface area contributed by atoms with Crippen LogP contribution in [0.2, 0.25) is 0 Å². The summed E-state index contributed by atoms with van der Waals surface area (Å²) in [6.07, 6.45) is 0. The Balaban J connectivity index is 2.06. The van der Waals surface area contributed by atoms with Gasteiger partial charge in [0.2, 0.25) is 0 Å². The molecular formula is C7H6OSe4. The molecule has 0 spiro atoms. The van der Waals surface area contributed by atoms with Gasteiger partial charge in [-0.15, -0.1) is 0 Å². The van der Waals surface area contributed by atoms with Gasteiger partial charge in [-0.1, -0.05) is 0 Å². The van der Waals surface area contributed by atoms with Crippen molar-refractivity contribution in [1.29, 1.82) is 0 Å². The monoisotopic (exact) mass is 426 g/mol. The van der Waals surface area contributed by atoms with Crippen LogP contribution in [0.4, 0.5) is 0 Å². The van der Waals surface area contributed by atoms with E-state index in [0.717, 1.165) is 0 Å². The van der Waals surface area contributed by atoms with Crippen LogP contribution in [0.5, 0.6) is 0 Å². The van der Waals surface area contributed by atoms with Crippen molar-refractivity contribution in [2.24, 2.45) is 0 Å². The Labute approximate surface area is 96.8 Å². The van der Waals surface area contributed by atoms with E-state index in [0.29, 0.717) is 66.4 Å². The number of aliphatic hydroxyl groups excluding tert-OH is 1. The van der Waals surface area contributed by atoms with E-state index in [9.17, 15) is 0 Å². The van der Waals surface area contributed by atoms with Gasteiger partial charge in [-0.2, -0.15) is 0 Å². The second-order valence-electron chi connectivity index (χ2n) is 2.04. The van der Waals surface area contributed by atoms with Crippen molar-refractivity contribution in [1.82, 2.24) is 0 Å². The molecule has 0 atom stereocenters. The van der Waals surface area contributed by atoms with Gasteiger partial charge in [-0.25, -0.2) is 0 Å². The predicted molar refractivity (Wildman–Crippen MR) is 54.4 cm³/mol. The van der Waals surface area contributed by atoms with Crippen LogP contribution in [-0.4, -0.2) is 71.5 Å². The molecule has 0 saturated heterocycles. The molecule has 5 heteroatoms. The van der Waals surface area contributed by atoms with Crippen molar-refractivity contribution < 1.29 is 5.11 Å². The van der Waals surface area contributed by atoms with Gasteiger partial charge in [0.1, 0.15) is 0 Å². The molecule has 2 rings (SSSR count). The Kier molecular flexibility index (Phi) is 3.81. The zero-order chi connectivity index (χ0) is 8.39. The number of rotatable bonds is 1. The number of aliphatic hydroxyl groups is 1. The van der Waals surface area contributed by atoms with Gasteiger partial charge in [0.15, 0.2) is 0 Å². The summed E-state index contributed by atoms with van der Waals surface area (Å²) in [5.41, 5.74) is 0. The van der Waals surface area contributed by atoms with Crippen molar-refractivity contribution in [2.75, 3.05) is 6.61 Å². The van der Waals surface area contributed by atoms with Crippen LogP contribution in [0.15, 0.2) is 26.1 Å². The molecule has 2 aliphatic heterocycles. The van der Waals surface area contributed by atoms with Crippen LogP contribution in [0.3, 0.4) is 0 Å². The van der Waals surface area contributed by atoms with E-state index < -0.39 is 0 Å². The molecular weight excluding hydrogens is 416 g/mol. The fraction of sp³-hybridized carbons (Fsp3) is 0.143. The van der Waals surface area contributed by atoms with Gasteiger partial charge in [-0.3, -0.25) is 0 Å². The number of hydrogen-bond donors (Lipinski definition) is 1. The summed E-state index contributed by atoms with van der Waals surface area (Å²) in [5, 5.41) is 8.96. The maximum absolute atomic E-state index is 8.96. The summed E-state index contributed by atoms with van der Waals surface area (Å²) >= 11 is 2.48. The average molecular weight is 422 g/mol. The second-order valence-corrected chi connectivity index (χ2v) is 12.7. The summed E-state index contributed by atoms with van der Waals surface area (Å²) < 4.78 is 4.79. The molecule has 0 aromatic carbocycles. The van der Waals surface area contributed by atoms with E-state index in [-0.39, 0.29) is 0 Å². The summed E-state index contributed by atoms with van der Waals surface area (Å²) in [7, 11) is 0. The fourth-order valence-corrected chi connectivity index (χ4v) is 14.2. The van der Waals surface area contributed by atoms with Crippen LogP contribution in [0, 0.1) is 0 Å². The molecule has 0 radical (unpaired) electrons. The molecule has 0 unspecified atom stereocenters. The molecule has 0 fully saturated rings. The first-order valence-electron chi connectivity index (χ1n) is 3.27. The van der Waals surface area contributed by atoms with Gasteiger partial charge in [-0.05, 0) is 0 Å². The van der Waals surface area contributed by atoms with E-state index in [1.807, 2.05) is 0 Å². The first-order valence-corrected chi connectivity index (χ1v) is 10.5. The van der Waals surface area contributed by atoms with E-state index in [1.54, 1.807) is 6.74 Å². The molecule has 0 aliphatic carbocycles. The third-order valence-electron chi connectivity index (χ3n) is 1.25. The summed E-state index contributed by atoms with van der Waals surface area (Å²) in [4.78, 5) is 6.97. The van der Waals surface area contributed by atoms with Crippen LogP contribution in [0.1, 0.15) is 0 Å². The third-order valence-corrected chi connectivity index (χ3v) is 16.1. The maximum atomic E-state index is 8.96. The summed E-state index contributed by atoms with van der Waals surface area (Å²) in [6.45, 7) is 0.298.